The van der Waals surface area contributed by atoms with Crippen LogP contribution in [0.4, 0.5) is 11.4 Å². The van der Waals surface area contributed by atoms with Crippen molar-refractivity contribution in [2.24, 2.45) is 5.10 Å². The minimum atomic E-state index is -4.03. The van der Waals surface area contributed by atoms with E-state index < -0.39 is 22.5 Å². The summed E-state index contributed by atoms with van der Waals surface area (Å²) >= 11 is 0. The van der Waals surface area contributed by atoms with Crippen molar-refractivity contribution in [3.8, 4) is 5.75 Å². The molecule has 182 valence electrons. The van der Waals surface area contributed by atoms with Gasteiger partial charge in [0.2, 0.25) is 5.91 Å². The summed E-state index contributed by atoms with van der Waals surface area (Å²) in [6, 6.07) is 21.2. The normalized spacial score (nSPS) is 11.5. The summed E-state index contributed by atoms with van der Waals surface area (Å²) in [5, 5.41) is 6.79. The highest BCUT2D eigenvalue weighted by molar-refractivity contribution is 7.92. The highest BCUT2D eigenvalue weighted by atomic mass is 32.2. The van der Waals surface area contributed by atoms with Crippen LogP contribution in [0.5, 0.6) is 5.75 Å². The topological polar surface area (TPSA) is 117 Å². The molecule has 0 radical (unpaired) electrons. The molecular formula is C25H26N4O5S. The second kappa shape index (κ2) is 11.3. The van der Waals surface area contributed by atoms with E-state index >= 15 is 0 Å². The third kappa shape index (κ3) is 6.67. The highest BCUT2D eigenvalue weighted by Gasteiger charge is 2.27. The van der Waals surface area contributed by atoms with Crippen LogP contribution in [0.3, 0.4) is 0 Å². The summed E-state index contributed by atoms with van der Waals surface area (Å²) in [7, 11) is -2.53. The number of sulfonamides is 1. The number of hydrazone groups is 1. The van der Waals surface area contributed by atoms with Crippen molar-refractivity contribution in [3.05, 3.63) is 84.4 Å². The Morgan fingerprint density at radius 3 is 2.26 bits per heavy atom. The molecular weight excluding hydrogens is 468 g/mol. The van der Waals surface area contributed by atoms with Crippen molar-refractivity contribution in [2.75, 3.05) is 23.3 Å². The lowest BCUT2D eigenvalue weighted by molar-refractivity contribution is -0.119. The van der Waals surface area contributed by atoms with E-state index in [0.717, 1.165) is 4.31 Å². The van der Waals surface area contributed by atoms with E-state index in [4.69, 9.17) is 4.74 Å². The Balaban J connectivity index is 1.83. The lowest BCUT2D eigenvalue weighted by Gasteiger charge is -2.24. The Labute approximate surface area is 204 Å². The van der Waals surface area contributed by atoms with Gasteiger partial charge in [0, 0.05) is 12.6 Å². The first-order valence-corrected chi connectivity index (χ1v) is 12.1. The summed E-state index contributed by atoms with van der Waals surface area (Å²) < 4.78 is 32.9. The van der Waals surface area contributed by atoms with Crippen molar-refractivity contribution in [3.63, 3.8) is 0 Å². The fourth-order valence-electron chi connectivity index (χ4n) is 3.19. The third-order valence-corrected chi connectivity index (χ3v) is 6.72. The van der Waals surface area contributed by atoms with Gasteiger partial charge in [-0.25, -0.2) is 13.8 Å². The lowest BCUT2D eigenvalue weighted by Crippen LogP contribution is -2.39. The minimum Gasteiger partial charge on any atom is -0.497 e. The zero-order valence-electron chi connectivity index (χ0n) is 19.6. The molecule has 9 nitrogen and oxygen atoms in total. The number of hydrogen-bond donors (Lipinski definition) is 2. The molecule has 3 aromatic carbocycles. The Hall–Kier alpha value is -4.18. The number of benzene rings is 3. The smallest absolute Gasteiger partial charge is 0.264 e. The van der Waals surface area contributed by atoms with Crippen LogP contribution in [-0.4, -0.2) is 39.6 Å². The number of anilines is 2. The fourth-order valence-corrected chi connectivity index (χ4v) is 4.63. The van der Waals surface area contributed by atoms with Gasteiger partial charge in [0.1, 0.15) is 12.3 Å². The van der Waals surface area contributed by atoms with Crippen molar-refractivity contribution >= 4 is 38.9 Å². The van der Waals surface area contributed by atoms with Crippen LogP contribution in [0.25, 0.3) is 0 Å². The third-order valence-electron chi connectivity index (χ3n) is 4.93. The Morgan fingerprint density at radius 2 is 1.63 bits per heavy atom. The van der Waals surface area contributed by atoms with Gasteiger partial charge in [0.05, 0.1) is 23.4 Å². The second-order valence-corrected chi connectivity index (χ2v) is 9.38. The maximum atomic E-state index is 13.4. The summed E-state index contributed by atoms with van der Waals surface area (Å²) in [4.78, 5) is 24.1. The van der Waals surface area contributed by atoms with Crippen LogP contribution >= 0.6 is 0 Å². The maximum Gasteiger partial charge on any atom is 0.264 e. The first-order valence-electron chi connectivity index (χ1n) is 10.6. The van der Waals surface area contributed by atoms with E-state index in [9.17, 15) is 18.0 Å². The average Bonchev–Trinajstić information content (AvgIpc) is 2.86. The van der Waals surface area contributed by atoms with Gasteiger partial charge >= 0.3 is 0 Å². The first kappa shape index (κ1) is 25.4. The molecule has 2 N–H and O–H groups in total. The zero-order valence-corrected chi connectivity index (χ0v) is 20.4. The molecule has 3 aromatic rings. The van der Waals surface area contributed by atoms with Crippen LogP contribution < -0.4 is 19.8 Å². The summed E-state index contributed by atoms with van der Waals surface area (Å²) in [6.45, 7) is 2.60. The minimum absolute atomic E-state index is 0.0538. The van der Waals surface area contributed by atoms with Gasteiger partial charge in [-0.05, 0) is 61.0 Å². The number of rotatable bonds is 9. The number of nitrogens with zero attached hydrogens (tertiary/aromatic N) is 2. The number of amides is 2. The molecule has 2 amide bonds. The van der Waals surface area contributed by atoms with E-state index in [1.165, 1.54) is 26.2 Å². The average molecular weight is 495 g/mol. The predicted molar refractivity (Wildman–Crippen MR) is 135 cm³/mol. The molecule has 0 unspecified atom stereocenters. The van der Waals surface area contributed by atoms with Gasteiger partial charge in [0.15, 0.2) is 0 Å². The molecule has 0 aromatic heterocycles. The van der Waals surface area contributed by atoms with Gasteiger partial charge in [-0.15, -0.1) is 0 Å². The lowest BCUT2D eigenvalue weighted by atomic mass is 10.1. The number of carbonyl (C=O) groups excluding carboxylic acids is 2. The monoisotopic (exact) mass is 494 g/mol. The van der Waals surface area contributed by atoms with Crippen LogP contribution in [-0.2, 0) is 19.6 Å². The number of hydrogen-bond acceptors (Lipinski definition) is 6. The summed E-state index contributed by atoms with van der Waals surface area (Å²) in [5.41, 5.74) is 4.47. The Morgan fingerprint density at radius 1 is 0.943 bits per heavy atom. The van der Waals surface area contributed by atoms with Crippen molar-refractivity contribution in [2.45, 2.75) is 18.7 Å². The van der Waals surface area contributed by atoms with E-state index in [1.54, 1.807) is 73.7 Å². The van der Waals surface area contributed by atoms with E-state index in [1.807, 2.05) is 0 Å². The Bertz CT molecular complexity index is 1320. The molecule has 0 spiro atoms. The van der Waals surface area contributed by atoms with Gasteiger partial charge in [-0.3, -0.25) is 13.9 Å². The molecule has 0 aliphatic heterocycles. The molecule has 0 saturated heterocycles. The van der Waals surface area contributed by atoms with Crippen molar-refractivity contribution in [1.29, 1.82) is 0 Å². The largest absolute Gasteiger partial charge is 0.497 e. The van der Waals surface area contributed by atoms with E-state index in [-0.39, 0.29) is 10.8 Å². The Kier molecular flexibility index (Phi) is 8.21. The van der Waals surface area contributed by atoms with Gasteiger partial charge < -0.3 is 10.1 Å². The van der Waals surface area contributed by atoms with Gasteiger partial charge in [-0.2, -0.15) is 5.10 Å². The highest BCUT2D eigenvalue weighted by Crippen LogP contribution is 2.25. The van der Waals surface area contributed by atoms with Crippen LogP contribution in [0.1, 0.15) is 19.4 Å². The second-order valence-electron chi connectivity index (χ2n) is 7.52. The van der Waals surface area contributed by atoms with Crippen LogP contribution in [0.2, 0.25) is 0 Å². The van der Waals surface area contributed by atoms with Crippen LogP contribution in [0.15, 0.2) is 88.9 Å². The molecule has 0 atom stereocenters. The number of ether oxygens (including phenoxy) is 1. The molecule has 3 rings (SSSR count). The molecule has 0 aliphatic carbocycles. The molecule has 0 saturated carbocycles. The fraction of sp³-hybridized carbons (Fsp3) is 0.160. The molecule has 10 heteroatoms. The SMILES string of the molecule is COc1ccc(N(CC(=O)N/N=C(/C)c2cccc(NC(C)=O)c2)S(=O)(=O)c2ccccc2)cc1. The van der Waals surface area contributed by atoms with E-state index in [2.05, 4.69) is 15.8 Å². The molecule has 0 heterocycles. The number of carbonyl (C=O) groups is 2. The molecule has 0 fully saturated rings. The standard InChI is InChI=1S/C25H26N4O5S/c1-18(20-8-7-9-21(16-20)26-19(2)30)27-28-25(31)17-29(22-12-14-23(34-3)15-13-22)35(32,33)24-10-5-4-6-11-24/h4-16H,17H2,1-3H3,(H,26,30)(H,28,31)/b27-18-. The number of methoxy groups -OCH3 is 1. The van der Waals surface area contributed by atoms with Crippen molar-refractivity contribution < 1.29 is 22.7 Å². The predicted octanol–water partition coefficient (Wildman–Crippen LogP) is 3.39. The number of nitrogens with one attached hydrogen (secondary N) is 2. The molecule has 35 heavy (non-hydrogen) atoms. The quantitative estimate of drug-likeness (QED) is 0.349. The van der Waals surface area contributed by atoms with Crippen molar-refractivity contribution in [1.82, 2.24) is 5.43 Å². The van der Waals surface area contributed by atoms with Crippen LogP contribution in [0, 0.1) is 0 Å². The first-order chi connectivity index (χ1) is 16.7. The summed E-state index contributed by atoms with van der Waals surface area (Å²) in [6.07, 6.45) is 0. The summed E-state index contributed by atoms with van der Waals surface area (Å²) in [5.74, 6) is -0.280. The van der Waals surface area contributed by atoms with E-state index in [0.29, 0.717) is 28.4 Å². The zero-order chi connectivity index (χ0) is 25.4. The maximum absolute atomic E-state index is 13.4. The van der Waals surface area contributed by atoms with Gasteiger partial charge in [0.25, 0.3) is 15.9 Å². The molecule has 0 bridgehead atoms. The van der Waals surface area contributed by atoms with Gasteiger partial charge in [-0.1, -0.05) is 30.3 Å². The molecule has 0 aliphatic rings.